The summed E-state index contributed by atoms with van der Waals surface area (Å²) < 4.78 is 5.97. The minimum atomic E-state index is -0.745. The fourth-order valence-electron chi connectivity index (χ4n) is 6.11. The summed E-state index contributed by atoms with van der Waals surface area (Å²) in [5.74, 6) is 0.998. The van der Waals surface area contributed by atoms with E-state index in [1.807, 2.05) is 0 Å². The standard InChI is InChI=1S/C19H33N3O2/c1-18(2)16-14(7-5-11-24-16)19(18,20)17(23)22-10-8-15-13(12-22)6-4-9-21(15)3/h13-16H,4-12,20H2,1-3H3. The first-order valence-corrected chi connectivity index (χ1v) is 9.77. The molecule has 1 saturated carbocycles. The smallest absolute Gasteiger partial charge is 0.243 e. The number of likely N-dealkylation sites (tertiary alicyclic amines) is 2. The van der Waals surface area contributed by atoms with E-state index in [2.05, 4.69) is 30.7 Å². The van der Waals surface area contributed by atoms with Gasteiger partial charge in [-0.25, -0.2) is 0 Å². The van der Waals surface area contributed by atoms with Crippen molar-refractivity contribution in [1.82, 2.24) is 9.80 Å². The van der Waals surface area contributed by atoms with Gasteiger partial charge in [-0.1, -0.05) is 13.8 Å². The van der Waals surface area contributed by atoms with Gasteiger partial charge in [0.05, 0.1) is 6.10 Å². The predicted octanol–water partition coefficient (Wildman–Crippen LogP) is 1.46. The summed E-state index contributed by atoms with van der Waals surface area (Å²) in [6, 6.07) is 0.650. The van der Waals surface area contributed by atoms with Crippen molar-refractivity contribution >= 4 is 5.91 Å². The van der Waals surface area contributed by atoms with Crippen molar-refractivity contribution in [3.05, 3.63) is 0 Å². The van der Waals surface area contributed by atoms with Gasteiger partial charge in [0.2, 0.25) is 5.91 Å². The Kier molecular flexibility index (Phi) is 3.98. The summed E-state index contributed by atoms with van der Waals surface area (Å²) in [5, 5.41) is 0. The lowest BCUT2D eigenvalue weighted by molar-refractivity contribution is -0.231. The molecule has 4 aliphatic rings. The molecule has 0 aromatic heterocycles. The van der Waals surface area contributed by atoms with Gasteiger partial charge >= 0.3 is 0 Å². The quantitative estimate of drug-likeness (QED) is 0.788. The number of amides is 1. The highest BCUT2D eigenvalue weighted by atomic mass is 16.5. The summed E-state index contributed by atoms with van der Waals surface area (Å²) in [4.78, 5) is 18.0. The second kappa shape index (κ2) is 5.68. The molecule has 136 valence electrons. The normalized spacial score (nSPS) is 45.1. The van der Waals surface area contributed by atoms with E-state index in [9.17, 15) is 4.79 Å². The Labute approximate surface area is 145 Å². The van der Waals surface area contributed by atoms with Crippen LogP contribution in [0.1, 0.15) is 46.0 Å². The highest BCUT2D eigenvalue weighted by molar-refractivity contribution is 5.89. The fourth-order valence-corrected chi connectivity index (χ4v) is 6.11. The Hall–Kier alpha value is -0.650. The van der Waals surface area contributed by atoms with Crippen molar-refractivity contribution in [2.45, 2.75) is 63.6 Å². The van der Waals surface area contributed by atoms with Gasteiger partial charge in [-0.2, -0.15) is 0 Å². The summed E-state index contributed by atoms with van der Waals surface area (Å²) in [5.41, 5.74) is 5.81. The molecule has 1 aliphatic carbocycles. The molecule has 2 N–H and O–H groups in total. The van der Waals surface area contributed by atoms with Crippen LogP contribution in [0.15, 0.2) is 0 Å². The predicted molar refractivity (Wildman–Crippen MR) is 93.5 cm³/mol. The zero-order chi connectivity index (χ0) is 17.1. The molecule has 24 heavy (non-hydrogen) atoms. The molecule has 0 spiro atoms. The molecule has 1 amide bonds. The molecule has 3 saturated heterocycles. The van der Waals surface area contributed by atoms with Gasteiger partial charge in [-0.3, -0.25) is 4.79 Å². The summed E-state index contributed by atoms with van der Waals surface area (Å²) >= 11 is 0. The maximum Gasteiger partial charge on any atom is 0.243 e. The number of hydrogen-bond donors (Lipinski definition) is 1. The number of piperidine rings is 2. The van der Waals surface area contributed by atoms with Crippen molar-refractivity contribution < 1.29 is 9.53 Å². The largest absolute Gasteiger partial charge is 0.377 e. The Balaban J connectivity index is 1.51. The highest BCUT2D eigenvalue weighted by Crippen LogP contribution is 2.58. The van der Waals surface area contributed by atoms with Crippen LogP contribution in [0.4, 0.5) is 0 Å². The Morgan fingerprint density at radius 1 is 1.17 bits per heavy atom. The van der Waals surface area contributed by atoms with E-state index in [1.54, 1.807) is 0 Å². The average Bonchev–Trinajstić information content (AvgIpc) is 2.60. The fraction of sp³-hybridized carbons (Fsp3) is 0.947. The molecule has 0 bridgehead atoms. The molecular formula is C19H33N3O2. The van der Waals surface area contributed by atoms with E-state index in [0.717, 1.165) is 39.0 Å². The lowest BCUT2D eigenvalue weighted by Crippen LogP contribution is -2.82. The first kappa shape index (κ1) is 16.8. The van der Waals surface area contributed by atoms with E-state index in [4.69, 9.17) is 10.5 Å². The van der Waals surface area contributed by atoms with Gasteiger partial charge in [0.1, 0.15) is 5.54 Å². The average molecular weight is 335 g/mol. The van der Waals surface area contributed by atoms with Crippen LogP contribution in [0.3, 0.4) is 0 Å². The number of rotatable bonds is 1. The minimum Gasteiger partial charge on any atom is -0.377 e. The van der Waals surface area contributed by atoms with Gasteiger partial charge < -0.3 is 20.3 Å². The monoisotopic (exact) mass is 335 g/mol. The molecule has 0 aromatic carbocycles. The van der Waals surface area contributed by atoms with Crippen molar-refractivity contribution in [3.63, 3.8) is 0 Å². The van der Waals surface area contributed by atoms with Crippen LogP contribution < -0.4 is 5.73 Å². The third kappa shape index (κ3) is 2.14. The van der Waals surface area contributed by atoms with E-state index in [1.165, 1.54) is 19.4 Å². The number of fused-ring (bicyclic) bond motifs is 2. The Morgan fingerprint density at radius 3 is 2.75 bits per heavy atom. The first-order chi connectivity index (χ1) is 11.4. The molecule has 4 fully saturated rings. The first-order valence-electron chi connectivity index (χ1n) is 9.77. The highest BCUT2D eigenvalue weighted by Gasteiger charge is 2.71. The van der Waals surface area contributed by atoms with Crippen LogP contribution in [0, 0.1) is 17.3 Å². The third-order valence-corrected chi connectivity index (χ3v) is 7.67. The van der Waals surface area contributed by atoms with Crippen LogP contribution in [0.25, 0.3) is 0 Å². The maximum atomic E-state index is 13.5. The van der Waals surface area contributed by atoms with Crippen molar-refractivity contribution in [2.75, 3.05) is 33.3 Å². The summed E-state index contributed by atoms with van der Waals surface area (Å²) in [6.07, 6.45) is 5.79. The van der Waals surface area contributed by atoms with Gasteiger partial charge in [0.15, 0.2) is 0 Å². The van der Waals surface area contributed by atoms with E-state index in [0.29, 0.717) is 12.0 Å². The van der Waals surface area contributed by atoms with Gasteiger partial charge in [-0.15, -0.1) is 0 Å². The van der Waals surface area contributed by atoms with E-state index < -0.39 is 5.54 Å². The van der Waals surface area contributed by atoms with Crippen molar-refractivity contribution in [2.24, 2.45) is 23.0 Å². The van der Waals surface area contributed by atoms with Crippen LogP contribution in [-0.4, -0.2) is 66.7 Å². The molecule has 5 atom stereocenters. The van der Waals surface area contributed by atoms with Crippen molar-refractivity contribution in [3.8, 4) is 0 Å². The molecule has 3 heterocycles. The maximum absolute atomic E-state index is 13.5. The van der Waals surface area contributed by atoms with Gasteiger partial charge in [0, 0.05) is 37.1 Å². The number of carbonyl (C=O) groups excluding carboxylic acids is 1. The SMILES string of the molecule is CN1CCCC2CN(C(=O)C3(N)C4CCCOC4C3(C)C)CCC21. The van der Waals surface area contributed by atoms with Crippen LogP contribution in [0.2, 0.25) is 0 Å². The van der Waals surface area contributed by atoms with E-state index >= 15 is 0 Å². The Morgan fingerprint density at radius 2 is 1.96 bits per heavy atom. The zero-order valence-corrected chi connectivity index (χ0v) is 15.5. The number of ether oxygens (including phenoxy) is 1. The molecule has 4 rings (SSSR count). The molecule has 3 aliphatic heterocycles. The number of nitrogens with two attached hydrogens (primary N) is 1. The molecule has 0 radical (unpaired) electrons. The van der Waals surface area contributed by atoms with Crippen LogP contribution >= 0.6 is 0 Å². The van der Waals surface area contributed by atoms with Gasteiger partial charge in [-0.05, 0) is 51.6 Å². The summed E-state index contributed by atoms with van der Waals surface area (Å²) in [6.45, 7) is 8.01. The topological polar surface area (TPSA) is 58.8 Å². The van der Waals surface area contributed by atoms with E-state index in [-0.39, 0.29) is 23.3 Å². The Bertz CT molecular complexity index is 523. The van der Waals surface area contributed by atoms with Crippen LogP contribution in [0.5, 0.6) is 0 Å². The molecule has 5 unspecified atom stereocenters. The third-order valence-electron chi connectivity index (χ3n) is 7.67. The molecule has 0 aromatic rings. The molecule has 5 heteroatoms. The lowest BCUT2D eigenvalue weighted by atomic mass is 9.46. The van der Waals surface area contributed by atoms with Gasteiger partial charge in [0.25, 0.3) is 0 Å². The van der Waals surface area contributed by atoms with Crippen LogP contribution in [-0.2, 0) is 9.53 Å². The second-order valence-electron chi connectivity index (χ2n) is 9.12. The molecule has 5 nitrogen and oxygen atoms in total. The zero-order valence-electron chi connectivity index (χ0n) is 15.5. The summed E-state index contributed by atoms with van der Waals surface area (Å²) in [7, 11) is 2.23. The number of hydrogen-bond acceptors (Lipinski definition) is 4. The number of nitrogens with zero attached hydrogens (tertiary/aromatic N) is 2. The minimum absolute atomic E-state index is 0.151. The molecular weight excluding hydrogens is 302 g/mol. The number of carbonyl (C=O) groups is 1. The van der Waals surface area contributed by atoms with Crippen molar-refractivity contribution in [1.29, 1.82) is 0 Å². The lowest BCUT2D eigenvalue weighted by Gasteiger charge is -2.66. The second-order valence-corrected chi connectivity index (χ2v) is 9.12.